The summed E-state index contributed by atoms with van der Waals surface area (Å²) in [6, 6.07) is 11.4. The van der Waals surface area contributed by atoms with E-state index >= 15 is 0 Å². The average molecular weight is 282 g/mol. The second-order valence-electron chi connectivity index (χ2n) is 5.23. The zero-order chi connectivity index (χ0) is 14.2. The quantitative estimate of drug-likeness (QED) is 0.782. The number of aromatic nitrogens is 2. The van der Waals surface area contributed by atoms with Crippen LogP contribution in [0.2, 0.25) is 0 Å². The molecule has 0 aliphatic carbocycles. The van der Waals surface area contributed by atoms with Gasteiger partial charge in [-0.15, -0.1) is 0 Å². The number of nitrogens with zero attached hydrogens (tertiary/aromatic N) is 2. The molecule has 1 fully saturated rings. The van der Waals surface area contributed by atoms with E-state index in [9.17, 15) is 5.11 Å². The molecule has 1 saturated heterocycles. The van der Waals surface area contributed by atoms with Crippen molar-refractivity contribution in [2.24, 2.45) is 0 Å². The molecule has 1 aliphatic heterocycles. The third kappa shape index (κ3) is 2.15. The van der Waals surface area contributed by atoms with E-state index in [1.54, 1.807) is 6.07 Å². The first kappa shape index (κ1) is 12.3. The van der Waals surface area contributed by atoms with Gasteiger partial charge in [-0.05, 0) is 29.3 Å². The van der Waals surface area contributed by atoms with Gasteiger partial charge in [0.15, 0.2) is 5.82 Å². The lowest BCUT2D eigenvalue weighted by molar-refractivity contribution is 0.192. The molecule has 1 aliphatic rings. The van der Waals surface area contributed by atoms with Gasteiger partial charge in [0.05, 0.1) is 12.2 Å². The van der Waals surface area contributed by atoms with Crippen LogP contribution in [0.4, 0.5) is 0 Å². The van der Waals surface area contributed by atoms with Crippen LogP contribution in [0.3, 0.4) is 0 Å². The Morgan fingerprint density at radius 2 is 1.95 bits per heavy atom. The normalized spacial score (nSPS) is 18.4. The summed E-state index contributed by atoms with van der Waals surface area (Å²) in [7, 11) is 0. The van der Waals surface area contributed by atoms with E-state index in [4.69, 9.17) is 9.26 Å². The Morgan fingerprint density at radius 1 is 1.14 bits per heavy atom. The summed E-state index contributed by atoms with van der Waals surface area (Å²) in [4.78, 5) is 4.41. The van der Waals surface area contributed by atoms with Crippen molar-refractivity contribution in [1.29, 1.82) is 0 Å². The van der Waals surface area contributed by atoms with E-state index in [0.717, 1.165) is 23.8 Å². The van der Waals surface area contributed by atoms with Crippen molar-refractivity contribution in [1.82, 2.24) is 10.1 Å². The Kier molecular flexibility index (Phi) is 2.86. The SMILES string of the molecule is Oc1cc2ccccc2cc1-c1nc(C2CCOC2)no1. The third-order valence-corrected chi connectivity index (χ3v) is 3.83. The van der Waals surface area contributed by atoms with Crippen LogP contribution in [-0.2, 0) is 4.74 Å². The molecule has 0 radical (unpaired) electrons. The lowest BCUT2D eigenvalue weighted by atomic mass is 10.1. The van der Waals surface area contributed by atoms with Crippen LogP contribution in [0, 0.1) is 0 Å². The van der Waals surface area contributed by atoms with Crippen LogP contribution in [0.5, 0.6) is 5.75 Å². The van der Waals surface area contributed by atoms with Crippen LogP contribution in [0.15, 0.2) is 40.9 Å². The molecule has 2 heterocycles. The predicted octanol–water partition coefficient (Wildman–Crippen LogP) is 3.10. The lowest BCUT2D eigenvalue weighted by Gasteiger charge is -2.03. The van der Waals surface area contributed by atoms with E-state index in [0.29, 0.717) is 23.9 Å². The van der Waals surface area contributed by atoms with Gasteiger partial charge in [-0.25, -0.2) is 0 Å². The number of hydrogen-bond donors (Lipinski definition) is 1. The van der Waals surface area contributed by atoms with Crippen molar-refractivity contribution in [3.05, 3.63) is 42.2 Å². The Balaban J connectivity index is 1.77. The molecule has 5 heteroatoms. The number of fused-ring (bicyclic) bond motifs is 1. The van der Waals surface area contributed by atoms with Gasteiger partial charge in [0.2, 0.25) is 0 Å². The maximum Gasteiger partial charge on any atom is 0.261 e. The van der Waals surface area contributed by atoms with Crippen molar-refractivity contribution in [3.8, 4) is 17.2 Å². The fourth-order valence-corrected chi connectivity index (χ4v) is 2.65. The summed E-state index contributed by atoms with van der Waals surface area (Å²) in [6.45, 7) is 1.36. The Labute approximate surface area is 121 Å². The highest BCUT2D eigenvalue weighted by atomic mass is 16.5. The van der Waals surface area contributed by atoms with Gasteiger partial charge in [0.25, 0.3) is 5.89 Å². The van der Waals surface area contributed by atoms with Crippen LogP contribution < -0.4 is 0 Å². The standard InChI is InChI=1S/C16H14N2O3/c19-14-8-11-4-2-1-3-10(11)7-13(14)16-17-15(18-21-16)12-5-6-20-9-12/h1-4,7-8,12,19H,5-6,9H2. The first-order valence-corrected chi connectivity index (χ1v) is 6.95. The summed E-state index contributed by atoms with van der Waals surface area (Å²) in [5, 5.41) is 16.2. The van der Waals surface area contributed by atoms with E-state index < -0.39 is 0 Å². The zero-order valence-electron chi connectivity index (χ0n) is 11.3. The molecule has 0 amide bonds. The van der Waals surface area contributed by atoms with Crippen LogP contribution in [0.1, 0.15) is 18.2 Å². The van der Waals surface area contributed by atoms with Crippen molar-refractivity contribution in [2.75, 3.05) is 13.2 Å². The number of hydrogen-bond acceptors (Lipinski definition) is 5. The maximum atomic E-state index is 10.2. The molecule has 21 heavy (non-hydrogen) atoms. The van der Waals surface area contributed by atoms with Gasteiger partial charge >= 0.3 is 0 Å². The summed E-state index contributed by atoms with van der Waals surface area (Å²) >= 11 is 0. The molecule has 4 rings (SSSR count). The second kappa shape index (κ2) is 4.86. The van der Waals surface area contributed by atoms with E-state index in [1.165, 1.54) is 0 Å². The van der Waals surface area contributed by atoms with Crippen molar-refractivity contribution >= 4 is 10.8 Å². The Morgan fingerprint density at radius 3 is 2.71 bits per heavy atom. The van der Waals surface area contributed by atoms with Gasteiger partial charge in [-0.1, -0.05) is 29.4 Å². The number of benzene rings is 2. The topological polar surface area (TPSA) is 68.4 Å². The summed E-state index contributed by atoms with van der Waals surface area (Å²) in [5.74, 6) is 1.33. The highest BCUT2D eigenvalue weighted by molar-refractivity contribution is 5.89. The van der Waals surface area contributed by atoms with Crippen LogP contribution in [-0.4, -0.2) is 28.5 Å². The minimum atomic E-state index is 0.145. The maximum absolute atomic E-state index is 10.2. The highest BCUT2D eigenvalue weighted by Crippen LogP contribution is 2.33. The molecule has 1 unspecified atom stereocenters. The second-order valence-corrected chi connectivity index (χ2v) is 5.23. The molecule has 1 atom stereocenters. The molecule has 3 aromatic rings. The molecule has 0 saturated carbocycles. The minimum absolute atomic E-state index is 0.145. The highest BCUT2D eigenvalue weighted by Gasteiger charge is 2.24. The van der Waals surface area contributed by atoms with E-state index in [2.05, 4.69) is 10.1 Å². The fourth-order valence-electron chi connectivity index (χ4n) is 2.65. The third-order valence-electron chi connectivity index (χ3n) is 3.83. The monoisotopic (exact) mass is 282 g/mol. The number of phenols is 1. The Hall–Kier alpha value is -2.40. The average Bonchev–Trinajstić information content (AvgIpc) is 3.17. The minimum Gasteiger partial charge on any atom is -0.507 e. The molecule has 2 aromatic carbocycles. The number of phenolic OH excluding ortho intramolecular Hbond substituents is 1. The van der Waals surface area contributed by atoms with Crippen molar-refractivity contribution in [2.45, 2.75) is 12.3 Å². The summed E-state index contributed by atoms with van der Waals surface area (Å²) in [5.41, 5.74) is 0.561. The van der Waals surface area contributed by atoms with E-state index in [-0.39, 0.29) is 11.7 Å². The molecular formula is C16H14N2O3. The van der Waals surface area contributed by atoms with Crippen molar-refractivity contribution in [3.63, 3.8) is 0 Å². The first-order chi connectivity index (χ1) is 10.3. The predicted molar refractivity (Wildman–Crippen MR) is 77.1 cm³/mol. The zero-order valence-corrected chi connectivity index (χ0v) is 11.3. The van der Waals surface area contributed by atoms with Crippen LogP contribution in [0.25, 0.3) is 22.2 Å². The van der Waals surface area contributed by atoms with Crippen molar-refractivity contribution < 1.29 is 14.4 Å². The lowest BCUT2D eigenvalue weighted by Crippen LogP contribution is -1.99. The number of ether oxygens (including phenoxy) is 1. The van der Waals surface area contributed by atoms with E-state index in [1.807, 2.05) is 30.3 Å². The van der Waals surface area contributed by atoms with Gasteiger partial charge < -0.3 is 14.4 Å². The van der Waals surface area contributed by atoms with Gasteiger partial charge in [0.1, 0.15) is 5.75 Å². The fraction of sp³-hybridized carbons (Fsp3) is 0.250. The number of rotatable bonds is 2. The molecule has 106 valence electrons. The molecule has 5 nitrogen and oxygen atoms in total. The molecule has 0 bridgehead atoms. The summed E-state index contributed by atoms with van der Waals surface area (Å²) in [6.07, 6.45) is 0.905. The first-order valence-electron chi connectivity index (χ1n) is 6.95. The smallest absolute Gasteiger partial charge is 0.261 e. The van der Waals surface area contributed by atoms with Gasteiger partial charge in [0, 0.05) is 12.5 Å². The molecular weight excluding hydrogens is 268 g/mol. The molecule has 0 spiro atoms. The molecule has 1 aromatic heterocycles. The largest absolute Gasteiger partial charge is 0.507 e. The summed E-state index contributed by atoms with van der Waals surface area (Å²) < 4.78 is 10.7. The molecule has 1 N–H and O–H groups in total. The van der Waals surface area contributed by atoms with Gasteiger partial charge in [-0.3, -0.25) is 0 Å². The van der Waals surface area contributed by atoms with Gasteiger partial charge in [-0.2, -0.15) is 4.98 Å². The van der Waals surface area contributed by atoms with Crippen LogP contribution >= 0.6 is 0 Å². The Bertz CT molecular complexity index is 791. The number of aromatic hydroxyl groups is 1.